The number of aliphatic hydroxyl groups excluding tert-OH is 1. The van der Waals surface area contributed by atoms with Gasteiger partial charge in [0.1, 0.15) is 6.10 Å². The van der Waals surface area contributed by atoms with Crippen LogP contribution in [0.3, 0.4) is 0 Å². The van der Waals surface area contributed by atoms with Crippen LogP contribution in [0.15, 0.2) is 0 Å². The highest BCUT2D eigenvalue weighted by Gasteiger charge is 2.24. The third kappa shape index (κ3) is 2.99. The Morgan fingerprint density at radius 2 is 2.45 bits per heavy atom. The molecule has 1 fully saturated rings. The summed E-state index contributed by atoms with van der Waals surface area (Å²) in [5.74, 6) is 1.04. The minimum Gasteiger partial charge on any atom is -0.394 e. The molecule has 1 saturated heterocycles. The fourth-order valence-corrected chi connectivity index (χ4v) is 1.40. The molecule has 0 bridgehead atoms. The van der Waals surface area contributed by atoms with E-state index in [9.17, 15) is 0 Å². The summed E-state index contributed by atoms with van der Waals surface area (Å²) < 4.78 is 10.6. The van der Waals surface area contributed by atoms with Gasteiger partial charge in [0.2, 0.25) is 0 Å². The van der Waals surface area contributed by atoms with Crippen LogP contribution in [0.4, 0.5) is 0 Å². The van der Waals surface area contributed by atoms with E-state index < -0.39 is 0 Å². The molecular weight excluding hydrogens is 164 g/mol. The predicted molar refractivity (Wildman–Crippen MR) is 44.7 cm³/mol. The zero-order valence-corrected chi connectivity index (χ0v) is 7.47. The fraction of sp³-hybridized carbons (Fsp3) is 1.00. The van der Waals surface area contributed by atoms with E-state index in [2.05, 4.69) is 6.26 Å². The van der Waals surface area contributed by atoms with Crippen LogP contribution < -0.4 is 0 Å². The number of hydrogen-bond acceptors (Lipinski definition) is 4. The standard InChI is InChI=1S/C7H14O3S/c1-11-3-2-7-9-5-6(4-8)10-7/h6-8H,2-5H2,1H3. The van der Waals surface area contributed by atoms with Crippen LogP contribution in [0.5, 0.6) is 0 Å². The summed E-state index contributed by atoms with van der Waals surface area (Å²) in [5.41, 5.74) is 0. The molecule has 0 amide bonds. The third-order valence-electron chi connectivity index (χ3n) is 1.57. The highest BCUT2D eigenvalue weighted by atomic mass is 32.2. The first kappa shape index (κ1) is 9.32. The Bertz CT molecular complexity index is 110. The number of ether oxygens (including phenoxy) is 2. The summed E-state index contributed by atoms with van der Waals surface area (Å²) in [6.07, 6.45) is 2.79. The zero-order chi connectivity index (χ0) is 8.10. The second-order valence-corrected chi connectivity index (χ2v) is 3.47. The van der Waals surface area contributed by atoms with Crippen molar-refractivity contribution in [3.63, 3.8) is 0 Å². The van der Waals surface area contributed by atoms with Gasteiger partial charge in [-0.2, -0.15) is 11.8 Å². The Kier molecular flexibility index (Phi) is 4.22. The highest BCUT2D eigenvalue weighted by molar-refractivity contribution is 7.98. The van der Waals surface area contributed by atoms with Crippen molar-refractivity contribution in [2.75, 3.05) is 25.2 Å². The van der Waals surface area contributed by atoms with E-state index in [4.69, 9.17) is 14.6 Å². The molecule has 0 radical (unpaired) electrons. The maximum absolute atomic E-state index is 8.70. The van der Waals surface area contributed by atoms with E-state index in [1.165, 1.54) is 0 Å². The second-order valence-electron chi connectivity index (χ2n) is 2.49. The molecule has 66 valence electrons. The van der Waals surface area contributed by atoms with Gasteiger partial charge in [0.05, 0.1) is 13.2 Å². The van der Waals surface area contributed by atoms with Gasteiger partial charge in [-0.1, -0.05) is 0 Å². The highest BCUT2D eigenvalue weighted by Crippen LogP contribution is 2.15. The molecule has 1 aliphatic rings. The molecule has 0 saturated carbocycles. The first-order chi connectivity index (χ1) is 5.36. The molecule has 2 atom stereocenters. The second kappa shape index (κ2) is 4.98. The van der Waals surface area contributed by atoms with Crippen molar-refractivity contribution in [2.45, 2.75) is 18.8 Å². The lowest BCUT2D eigenvalue weighted by molar-refractivity contribution is -0.0651. The van der Waals surface area contributed by atoms with Crippen LogP contribution in [0.1, 0.15) is 6.42 Å². The lowest BCUT2D eigenvalue weighted by Crippen LogP contribution is -2.16. The summed E-state index contributed by atoms with van der Waals surface area (Å²) in [6, 6.07) is 0. The topological polar surface area (TPSA) is 38.7 Å². The third-order valence-corrected chi connectivity index (χ3v) is 2.22. The van der Waals surface area contributed by atoms with Crippen LogP contribution >= 0.6 is 11.8 Å². The number of thioether (sulfide) groups is 1. The fourth-order valence-electron chi connectivity index (χ4n) is 0.969. The van der Waals surface area contributed by atoms with E-state index >= 15 is 0 Å². The molecule has 0 spiro atoms. The number of aliphatic hydroxyl groups is 1. The van der Waals surface area contributed by atoms with Gasteiger partial charge in [0.15, 0.2) is 6.29 Å². The Labute approximate surface area is 71.1 Å². The maximum Gasteiger partial charge on any atom is 0.159 e. The summed E-state index contributed by atoms with van der Waals surface area (Å²) in [4.78, 5) is 0. The molecule has 0 aromatic rings. The Morgan fingerprint density at radius 3 is 3.00 bits per heavy atom. The van der Waals surface area contributed by atoms with Crippen LogP contribution in [0.25, 0.3) is 0 Å². The van der Waals surface area contributed by atoms with Crippen molar-refractivity contribution >= 4 is 11.8 Å². The average Bonchev–Trinajstić information content (AvgIpc) is 2.48. The Balaban J connectivity index is 2.09. The van der Waals surface area contributed by atoms with Crippen molar-refractivity contribution in [2.24, 2.45) is 0 Å². The molecule has 3 nitrogen and oxygen atoms in total. The molecule has 1 aliphatic heterocycles. The molecule has 4 heteroatoms. The van der Waals surface area contributed by atoms with Gasteiger partial charge in [0, 0.05) is 6.42 Å². The Hall–Kier alpha value is 0.230. The van der Waals surface area contributed by atoms with Crippen LogP contribution in [0, 0.1) is 0 Å². The van der Waals surface area contributed by atoms with Gasteiger partial charge in [-0.25, -0.2) is 0 Å². The molecular formula is C7H14O3S. The molecule has 0 aromatic heterocycles. The minimum absolute atomic E-state index is 0.0652. The first-order valence-corrected chi connectivity index (χ1v) is 5.13. The van der Waals surface area contributed by atoms with Gasteiger partial charge in [-0.3, -0.25) is 0 Å². The number of rotatable bonds is 4. The summed E-state index contributed by atoms with van der Waals surface area (Å²) in [5, 5.41) is 8.70. The molecule has 1 heterocycles. The molecule has 0 aromatic carbocycles. The lowest BCUT2D eigenvalue weighted by Gasteiger charge is -2.08. The quantitative estimate of drug-likeness (QED) is 0.679. The smallest absolute Gasteiger partial charge is 0.159 e. The van der Waals surface area contributed by atoms with Gasteiger partial charge < -0.3 is 14.6 Å². The first-order valence-electron chi connectivity index (χ1n) is 3.73. The van der Waals surface area contributed by atoms with Crippen LogP contribution in [-0.4, -0.2) is 42.7 Å². The van der Waals surface area contributed by atoms with E-state index in [1.54, 1.807) is 11.8 Å². The van der Waals surface area contributed by atoms with E-state index in [0.717, 1.165) is 12.2 Å². The molecule has 11 heavy (non-hydrogen) atoms. The van der Waals surface area contributed by atoms with E-state index in [1.807, 2.05) is 0 Å². The van der Waals surface area contributed by atoms with Gasteiger partial charge in [-0.15, -0.1) is 0 Å². The largest absolute Gasteiger partial charge is 0.394 e. The molecule has 2 unspecified atom stereocenters. The monoisotopic (exact) mass is 178 g/mol. The average molecular weight is 178 g/mol. The van der Waals surface area contributed by atoms with Gasteiger partial charge in [0.25, 0.3) is 0 Å². The van der Waals surface area contributed by atoms with Gasteiger partial charge >= 0.3 is 0 Å². The van der Waals surface area contributed by atoms with Crippen LogP contribution in [-0.2, 0) is 9.47 Å². The molecule has 0 aliphatic carbocycles. The lowest BCUT2D eigenvalue weighted by atomic mass is 10.4. The SMILES string of the molecule is CSCCC1OCC(CO)O1. The Morgan fingerprint density at radius 1 is 1.64 bits per heavy atom. The molecule has 1 rings (SSSR count). The van der Waals surface area contributed by atoms with Crippen molar-refractivity contribution < 1.29 is 14.6 Å². The summed E-state index contributed by atoms with van der Waals surface area (Å²) in [6.45, 7) is 0.602. The van der Waals surface area contributed by atoms with Crippen molar-refractivity contribution in [1.82, 2.24) is 0 Å². The zero-order valence-electron chi connectivity index (χ0n) is 6.66. The van der Waals surface area contributed by atoms with E-state index in [-0.39, 0.29) is 19.0 Å². The van der Waals surface area contributed by atoms with Crippen LogP contribution in [0.2, 0.25) is 0 Å². The molecule has 1 N–H and O–H groups in total. The normalized spacial score (nSPS) is 31.1. The van der Waals surface area contributed by atoms with E-state index in [0.29, 0.717) is 6.61 Å². The van der Waals surface area contributed by atoms with Gasteiger partial charge in [-0.05, 0) is 12.0 Å². The van der Waals surface area contributed by atoms with Crippen molar-refractivity contribution in [1.29, 1.82) is 0 Å². The minimum atomic E-state index is -0.0955. The number of hydrogen-bond donors (Lipinski definition) is 1. The van der Waals surface area contributed by atoms with Crippen molar-refractivity contribution in [3.8, 4) is 0 Å². The van der Waals surface area contributed by atoms with Crippen molar-refractivity contribution in [3.05, 3.63) is 0 Å². The predicted octanol–water partition coefficient (Wildman–Crippen LogP) is 0.473. The maximum atomic E-state index is 8.70. The summed E-state index contributed by atoms with van der Waals surface area (Å²) >= 11 is 1.77. The summed E-state index contributed by atoms with van der Waals surface area (Å²) in [7, 11) is 0.